The van der Waals surface area contributed by atoms with Gasteiger partial charge in [0.1, 0.15) is 17.4 Å². The molecule has 0 bridgehead atoms. The first-order valence-corrected chi connectivity index (χ1v) is 8.30. The maximum absolute atomic E-state index is 12.8. The van der Waals surface area contributed by atoms with Gasteiger partial charge in [-0.3, -0.25) is 0 Å². The molecule has 0 radical (unpaired) electrons. The number of aromatic nitrogens is 2. The predicted molar refractivity (Wildman–Crippen MR) is 88.1 cm³/mol. The van der Waals surface area contributed by atoms with E-state index in [2.05, 4.69) is 21.5 Å². The van der Waals surface area contributed by atoms with E-state index in [4.69, 9.17) is 4.74 Å². The van der Waals surface area contributed by atoms with Crippen molar-refractivity contribution < 1.29 is 9.13 Å². The third-order valence-electron chi connectivity index (χ3n) is 4.43. The molecule has 3 rings (SSSR count). The summed E-state index contributed by atoms with van der Waals surface area (Å²) in [7, 11) is 2.07. The monoisotopic (exact) mass is 317 g/mol. The van der Waals surface area contributed by atoms with Crippen LogP contribution >= 0.6 is 0 Å². The molecule has 1 saturated heterocycles. The van der Waals surface area contributed by atoms with Crippen molar-refractivity contribution in [3.05, 3.63) is 48.3 Å². The topological polar surface area (TPSA) is 30.3 Å². The van der Waals surface area contributed by atoms with Gasteiger partial charge in [-0.05, 0) is 50.1 Å². The van der Waals surface area contributed by atoms with Crippen LogP contribution in [0.3, 0.4) is 0 Å². The Morgan fingerprint density at radius 1 is 1.30 bits per heavy atom. The fraction of sp³-hybridized carbons (Fsp3) is 0.500. The van der Waals surface area contributed by atoms with Crippen molar-refractivity contribution in [2.75, 3.05) is 26.2 Å². The molecule has 1 aliphatic rings. The average Bonchev–Trinajstić information content (AvgIpc) is 3.00. The molecule has 0 saturated carbocycles. The highest BCUT2D eigenvalue weighted by Gasteiger charge is 2.23. The molecule has 0 spiro atoms. The number of rotatable bonds is 6. The van der Waals surface area contributed by atoms with Crippen molar-refractivity contribution in [2.45, 2.75) is 25.2 Å². The molecule has 1 atom stereocenters. The number of likely N-dealkylation sites (tertiary alicyclic amines) is 1. The first-order chi connectivity index (χ1) is 11.2. The molecule has 5 heteroatoms. The van der Waals surface area contributed by atoms with E-state index >= 15 is 0 Å². The second kappa shape index (κ2) is 7.59. The van der Waals surface area contributed by atoms with Crippen molar-refractivity contribution in [3.63, 3.8) is 0 Å². The Bertz CT molecular complexity index is 611. The fourth-order valence-electron chi connectivity index (χ4n) is 3.25. The normalized spacial score (nSPS) is 19.0. The van der Waals surface area contributed by atoms with Gasteiger partial charge in [-0.15, -0.1) is 0 Å². The Morgan fingerprint density at radius 2 is 2.13 bits per heavy atom. The van der Waals surface area contributed by atoms with Crippen LogP contribution in [-0.2, 0) is 7.05 Å². The number of hydrogen-bond acceptors (Lipinski definition) is 3. The number of imidazole rings is 1. The molecule has 0 amide bonds. The first-order valence-electron chi connectivity index (χ1n) is 8.30. The molecule has 2 aromatic rings. The molecule has 0 aliphatic carbocycles. The van der Waals surface area contributed by atoms with Crippen molar-refractivity contribution >= 4 is 0 Å². The minimum Gasteiger partial charge on any atom is -0.494 e. The fourth-order valence-corrected chi connectivity index (χ4v) is 3.25. The zero-order valence-electron chi connectivity index (χ0n) is 13.6. The summed E-state index contributed by atoms with van der Waals surface area (Å²) in [4.78, 5) is 6.99. The van der Waals surface area contributed by atoms with E-state index in [1.165, 1.54) is 30.8 Å². The van der Waals surface area contributed by atoms with Gasteiger partial charge in [-0.1, -0.05) is 0 Å². The average molecular weight is 317 g/mol. The van der Waals surface area contributed by atoms with Crippen LogP contribution in [0.5, 0.6) is 5.75 Å². The summed E-state index contributed by atoms with van der Waals surface area (Å²) >= 11 is 0. The summed E-state index contributed by atoms with van der Waals surface area (Å²) in [5.41, 5.74) is 0. The van der Waals surface area contributed by atoms with Crippen molar-refractivity contribution in [3.8, 4) is 5.75 Å². The highest BCUT2D eigenvalue weighted by atomic mass is 19.1. The van der Waals surface area contributed by atoms with Crippen LogP contribution < -0.4 is 4.74 Å². The lowest BCUT2D eigenvalue weighted by Gasteiger charge is -2.32. The Balaban J connectivity index is 1.41. The van der Waals surface area contributed by atoms with Gasteiger partial charge < -0.3 is 14.2 Å². The second-order valence-corrected chi connectivity index (χ2v) is 6.19. The lowest BCUT2D eigenvalue weighted by atomic mass is 9.97. The quantitative estimate of drug-likeness (QED) is 0.767. The van der Waals surface area contributed by atoms with Crippen LogP contribution in [0.4, 0.5) is 4.39 Å². The van der Waals surface area contributed by atoms with Crippen LogP contribution in [0.25, 0.3) is 0 Å². The number of benzene rings is 1. The number of piperidine rings is 1. The summed E-state index contributed by atoms with van der Waals surface area (Å²) in [6, 6.07) is 6.20. The summed E-state index contributed by atoms with van der Waals surface area (Å²) in [5, 5.41) is 0. The molecule has 0 N–H and O–H groups in total. The largest absolute Gasteiger partial charge is 0.494 e. The minimum absolute atomic E-state index is 0.231. The lowest BCUT2D eigenvalue weighted by molar-refractivity contribution is 0.185. The molecule has 1 aromatic carbocycles. The van der Waals surface area contributed by atoms with Gasteiger partial charge >= 0.3 is 0 Å². The summed E-state index contributed by atoms with van der Waals surface area (Å²) < 4.78 is 20.6. The number of aryl methyl sites for hydroxylation is 1. The second-order valence-electron chi connectivity index (χ2n) is 6.19. The predicted octanol–water partition coefficient (Wildman–Crippen LogP) is 3.21. The van der Waals surface area contributed by atoms with Crippen LogP contribution in [0.1, 0.15) is 31.0 Å². The number of halogens is 1. The van der Waals surface area contributed by atoms with Crippen molar-refractivity contribution in [1.82, 2.24) is 14.5 Å². The maximum Gasteiger partial charge on any atom is 0.123 e. The molecule has 124 valence electrons. The molecular formula is C18H24FN3O. The molecule has 1 aromatic heterocycles. The van der Waals surface area contributed by atoms with E-state index in [0.717, 1.165) is 31.8 Å². The lowest BCUT2D eigenvalue weighted by Crippen LogP contribution is -2.36. The van der Waals surface area contributed by atoms with Crippen molar-refractivity contribution in [2.24, 2.45) is 7.05 Å². The van der Waals surface area contributed by atoms with E-state index in [0.29, 0.717) is 12.5 Å². The van der Waals surface area contributed by atoms with Gasteiger partial charge in [0, 0.05) is 38.4 Å². The number of nitrogens with zero attached hydrogens (tertiary/aromatic N) is 3. The van der Waals surface area contributed by atoms with E-state index in [-0.39, 0.29) is 5.82 Å². The van der Waals surface area contributed by atoms with Crippen LogP contribution in [0.2, 0.25) is 0 Å². The highest BCUT2D eigenvalue weighted by molar-refractivity contribution is 5.21. The molecular weight excluding hydrogens is 293 g/mol. The third-order valence-corrected chi connectivity index (χ3v) is 4.43. The number of ether oxygens (including phenoxy) is 1. The zero-order valence-corrected chi connectivity index (χ0v) is 13.6. The van der Waals surface area contributed by atoms with E-state index in [1.807, 2.05) is 12.4 Å². The van der Waals surface area contributed by atoms with Crippen molar-refractivity contribution in [1.29, 1.82) is 0 Å². The van der Waals surface area contributed by atoms with Gasteiger partial charge in [0.15, 0.2) is 0 Å². The van der Waals surface area contributed by atoms with Gasteiger partial charge in [-0.25, -0.2) is 9.37 Å². The Morgan fingerprint density at radius 3 is 2.87 bits per heavy atom. The molecule has 0 unspecified atom stereocenters. The maximum atomic E-state index is 12.8. The SMILES string of the molecule is Cn1ccnc1[C@H]1CCCN(CCCOc2ccc(F)cc2)C1. The Kier molecular flexibility index (Phi) is 5.28. The summed E-state index contributed by atoms with van der Waals surface area (Å²) in [6.07, 6.45) is 7.31. The number of hydrogen-bond donors (Lipinski definition) is 0. The summed E-state index contributed by atoms with van der Waals surface area (Å²) in [6.45, 7) is 3.91. The van der Waals surface area contributed by atoms with Crippen LogP contribution in [0.15, 0.2) is 36.7 Å². The first kappa shape index (κ1) is 16.0. The highest BCUT2D eigenvalue weighted by Crippen LogP contribution is 2.25. The Labute approximate surface area is 136 Å². The van der Waals surface area contributed by atoms with E-state index in [1.54, 1.807) is 12.1 Å². The smallest absolute Gasteiger partial charge is 0.123 e. The Hall–Kier alpha value is -1.88. The zero-order chi connectivity index (χ0) is 16.1. The van der Waals surface area contributed by atoms with Gasteiger partial charge in [0.25, 0.3) is 0 Å². The molecule has 1 fully saturated rings. The molecule has 1 aliphatic heterocycles. The van der Waals surface area contributed by atoms with Gasteiger partial charge in [0.2, 0.25) is 0 Å². The van der Waals surface area contributed by atoms with Crippen LogP contribution in [0, 0.1) is 5.82 Å². The summed E-state index contributed by atoms with van der Waals surface area (Å²) in [5.74, 6) is 2.22. The van der Waals surface area contributed by atoms with Gasteiger partial charge in [-0.2, -0.15) is 0 Å². The molecule has 23 heavy (non-hydrogen) atoms. The van der Waals surface area contributed by atoms with E-state index in [9.17, 15) is 4.39 Å². The standard InChI is InChI=1S/C18H24FN3O/c1-21-12-9-20-18(21)15-4-2-10-22(14-15)11-3-13-23-17-7-5-16(19)6-8-17/h5-9,12,15H,2-4,10-11,13-14H2,1H3/t15-/m0/s1. The van der Waals surface area contributed by atoms with Gasteiger partial charge in [0.05, 0.1) is 6.61 Å². The molecule has 2 heterocycles. The minimum atomic E-state index is -0.231. The third kappa shape index (κ3) is 4.32. The van der Waals surface area contributed by atoms with E-state index < -0.39 is 0 Å². The van der Waals surface area contributed by atoms with Crippen LogP contribution in [-0.4, -0.2) is 40.7 Å². The molecule has 4 nitrogen and oxygen atoms in total.